The van der Waals surface area contributed by atoms with Crippen molar-refractivity contribution in [3.05, 3.63) is 88.9 Å². The summed E-state index contributed by atoms with van der Waals surface area (Å²) in [4.78, 5) is 2.25. The summed E-state index contributed by atoms with van der Waals surface area (Å²) in [6, 6.07) is 11.4. The fourth-order valence-electron chi connectivity index (χ4n) is 5.40. The lowest BCUT2D eigenvalue weighted by molar-refractivity contribution is 0.198. The highest BCUT2D eigenvalue weighted by atomic mass is 31.0. The summed E-state index contributed by atoms with van der Waals surface area (Å²) in [6.45, 7) is 8.65. The van der Waals surface area contributed by atoms with E-state index in [1.165, 1.54) is 7.11 Å². The van der Waals surface area contributed by atoms with Crippen molar-refractivity contribution >= 4 is 25.7 Å². The molecule has 7 heteroatoms. The Morgan fingerprint density at radius 2 is 2.00 bits per heavy atom. The van der Waals surface area contributed by atoms with Gasteiger partial charge in [0, 0.05) is 25.3 Å². The van der Waals surface area contributed by atoms with Crippen LogP contribution in [0, 0.1) is 5.82 Å². The van der Waals surface area contributed by atoms with Gasteiger partial charge in [0.05, 0.1) is 13.8 Å². The first-order chi connectivity index (χ1) is 18.8. The third-order valence-corrected chi connectivity index (χ3v) is 7.95. The van der Waals surface area contributed by atoms with Crippen LogP contribution in [0.15, 0.2) is 72.0 Å². The van der Waals surface area contributed by atoms with E-state index in [0.717, 1.165) is 89.8 Å². The van der Waals surface area contributed by atoms with Crippen molar-refractivity contribution in [1.82, 2.24) is 4.90 Å². The molecule has 1 fully saturated rings. The molecule has 0 aromatic heterocycles. The predicted molar refractivity (Wildman–Crippen MR) is 161 cm³/mol. The predicted octanol–water partition coefficient (Wildman–Crippen LogP) is 6.59. The molecular weight excluding hydrogens is 513 g/mol. The molecule has 1 saturated heterocycles. The normalized spacial score (nSPS) is 20.0. The molecular formula is C32H39F2N2O2P. The van der Waals surface area contributed by atoms with Gasteiger partial charge in [-0.05, 0) is 108 Å². The van der Waals surface area contributed by atoms with E-state index in [9.17, 15) is 8.78 Å². The Bertz CT molecular complexity index is 1280. The minimum absolute atomic E-state index is 0.0957. The van der Waals surface area contributed by atoms with Crippen LogP contribution in [-0.2, 0) is 0 Å². The Morgan fingerprint density at radius 1 is 1.23 bits per heavy atom. The van der Waals surface area contributed by atoms with E-state index < -0.39 is 5.82 Å². The number of likely N-dealkylation sites (tertiary alicyclic amines) is 1. The number of hydrogen-bond donors (Lipinski definition) is 1. The number of allylic oxidation sites excluding steroid dienone is 6. The average Bonchev–Trinajstić information content (AvgIpc) is 3.32. The fourth-order valence-corrected chi connectivity index (χ4v) is 5.80. The molecule has 0 amide bonds. The minimum atomic E-state index is -0.393. The molecule has 0 radical (unpaired) electrons. The number of methoxy groups -OCH3 is 1. The summed E-state index contributed by atoms with van der Waals surface area (Å²) in [5, 5.41) is 0.868. The maximum Gasteiger partial charge on any atom is 0.165 e. The van der Waals surface area contributed by atoms with Gasteiger partial charge >= 0.3 is 0 Å². The molecule has 4 nitrogen and oxygen atoms in total. The lowest BCUT2D eigenvalue weighted by Crippen LogP contribution is -2.26. The topological polar surface area (TPSA) is 47.7 Å². The summed E-state index contributed by atoms with van der Waals surface area (Å²) in [7, 11) is 4.20. The highest BCUT2D eigenvalue weighted by Crippen LogP contribution is 2.43. The number of nitrogens with two attached hydrogens (primary N) is 1. The Hall–Kier alpha value is -2.95. The third-order valence-electron chi connectivity index (χ3n) is 7.47. The van der Waals surface area contributed by atoms with Crippen LogP contribution in [-0.4, -0.2) is 44.4 Å². The van der Waals surface area contributed by atoms with Crippen LogP contribution in [0.4, 0.5) is 8.78 Å². The lowest BCUT2D eigenvalue weighted by Gasteiger charge is -2.20. The van der Waals surface area contributed by atoms with E-state index in [1.807, 2.05) is 31.2 Å². The quantitative estimate of drug-likeness (QED) is 0.357. The molecule has 0 saturated carbocycles. The standard InChI is InChI=1S/C32H39F2N2O2P/c1-4-24(35)17-23-7-5-8-27(28-18-29(34)30(37-3)19-31(28)39)32(21(23)2)22-9-11-25(12-10-22)38-26-13-16-36(20-26)15-6-14-33/h4,9-12,17-19,26H,2,5-8,13-16,20,35,39H2,1,3H3/b23-17-,24-4+/t26-/m0/s1. The molecule has 2 atom stereocenters. The Morgan fingerprint density at radius 3 is 2.69 bits per heavy atom. The molecule has 2 aromatic carbocycles. The van der Waals surface area contributed by atoms with Crippen LogP contribution in [0.1, 0.15) is 50.2 Å². The van der Waals surface area contributed by atoms with Gasteiger partial charge in [0.25, 0.3) is 0 Å². The summed E-state index contributed by atoms with van der Waals surface area (Å²) in [5.74, 6) is 0.625. The Kier molecular flexibility index (Phi) is 9.99. The van der Waals surface area contributed by atoms with Gasteiger partial charge in [0.15, 0.2) is 11.6 Å². The molecule has 1 heterocycles. The number of benzene rings is 2. The van der Waals surface area contributed by atoms with Gasteiger partial charge in [0.2, 0.25) is 0 Å². The average molecular weight is 553 g/mol. The van der Waals surface area contributed by atoms with Gasteiger partial charge in [-0.1, -0.05) is 24.8 Å². The van der Waals surface area contributed by atoms with Crippen LogP contribution < -0.4 is 20.5 Å². The second-order valence-corrected chi connectivity index (χ2v) is 10.7. The van der Waals surface area contributed by atoms with Crippen molar-refractivity contribution in [2.45, 2.75) is 45.1 Å². The highest BCUT2D eigenvalue weighted by molar-refractivity contribution is 7.27. The first-order valence-corrected chi connectivity index (χ1v) is 14.2. The summed E-state index contributed by atoms with van der Waals surface area (Å²) >= 11 is 0. The van der Waals surface area contributed by atoms with Gasteiger partial charge in [0.1, 0.15) is 11.9 Å². The number of alkyl halides is 1. The first kappa shape index (κ1) is 29.0. The zero-order valence-corrected chi connectivity index (χ0v) is 24.1. The van der Waals surface area contributed by atoms with Crippen molar-refractivity contribution in [2.75, 3.05) is 33.4 Å². The zero-order valence-electron chi connectivity index (χ0n) is 22.9. The summed E-state index contributed by atoms with van der Waals surface area (Å²) in [6.07, 6.45) is 7.95. The second-order valence-electron chi connectivity index (χ2n) is 10.1. The monoisotopic (exact) mass is 552 g/mol. The van der Waals surface area contributed by atoms with E-state index in [2.05, 4.69) is 32.9 Å². The Labute approximate surface area is 233 Å². The fraction of sp³-hybridized carbons (Fsp3) is 0.375. The van der Waals surface area contributed by atoms with Gasteiger partial charge in [-0.3, -0.25) is 9.29 Å². The third kappa shape index (κ3) is 6.98. The van der Waals surface area contributed by atoms with Crippen LogP contribution in [0.25, 0.3) is 11.1 Å². The number of ether oxygens (including phenoxy) is 2. The number of hydrogen-bond acceptors (Lipinski definition) is 4. The van der Waals surface area contributed by atoms with Crippen molar-refractivity contribution in [3.8, 4) is 11.5 Å². The molecule has 4 rings (SSSR count). The molecule has 39 heavy (non-hydrogen) atoms. The SMILES string of the molecule is C=C1C(c2ccc(O[C@H]3CCN(CCCF)C3)cc2)=C(c2cc(F)c(OC)cc2P)CCC/C1=C/C(N)=C\C. The van der Waals surface area contributed by atoms with Crippen LogP contribution in [0.2, 0.25) is 0 Å². The van der Waals surface area contributed by atoms with Gasteiger partial charge in [-0.15, -0.1) is 9.24 Å². The maximum atomic E-state index is 14.9. The molecule has 208 valence electrons. The van der Waals surface area contributed by atoms with Crippen molar-refractivity contribution in [2.24, 2.45) is 5.73 Å². The Balaban J connectivity index is 1.71. The van der Waals surface area contributed by atoms with E-state index in [1.54, 1.807) is 12.1 Å². The molecule has 0 spiro atoms. The van der Waals surface area contributed by atoms with Crippen molar-refractivity contribution in [1.29, 1.82) is 0 Å². The number of rotatable bonds is 9. The molecule has 1 unspecified atom stereocenters. The van der Waals surface area contributed by atoms with Crippen LogP contribution in [0.3, 0.4) is 0 Å². The first-order valence-electron chi connectivity index (χ1n) is 13.6. The van der Waals surface area contributed by atoms with Crippen LogP contribution in [0.5, 0.6) is 11.5 Å². The van der Waals surface area contributed by atoms with E-state index in [0.29, 0.717) is 12.1 Å². The highest BCUT2D eigenvalue weighted by Gasteiger charge is 2.25. The van der Waals surface area contributed by atoms with Crippen LogP contribution >= 0.6 is 9.24 Å². The van der Waals surface area contributed by atoms with Gasteiger partial charge < -0.3 is 15.2 Å². The second kappa shape index (κ2) is 13.4. The van der Waals surface area contributed by atoms with Gasteiger partial charge in [-0.25, -0.2) is 4.39 Å². The number of nitrogens with zero attached hydrogens (tertiary/aromatic N) is 1. The summed E-state index contributed by atoms with van der Waals surface area (Å²) < 4.78 is 38.9. The van der Waals surface area contributed by atoms with Crippen molar-refractivity contribution < 1.29 is 18.3 Å². The molecule has 2 aliphatic rings. The molecule has 1 aliphatic carbocycles. The van der Waals surface area contributed by atoms with E-state index in [4.69, 9.17) is 15.2 Å². The van der Waals surface area contributed by atoms with E-state index in [-0.39, 0.29) is 18.5 Å². The lowest BCUT2D eigenvalue weighted by atomic mass is 9.87. The van der Waals surface area contributed by atoms with E-state index >= 15 is 0 Å². The smallest absolute Gasteiger partial charge is 0.165 e. The van der Waals surface area contributed by atoms with Crippen molar-refractivity contribution in [3.63, 3.8) is 0 Å². The number of halogens is 2. The largest absolute Gasteiger partial charge is 0.494 e. The maximum absolute atomic E-state index is 14.9. The molecule has 2 N–H and O–H groups in total. The molecule has 0 bridgehead atoms. The minimum Gasteiger partial charge on any atom is -0.494 e. The van der Waals surface area contributed by atoms with Gasteiger partial charge in [-0.2, -0.15) is 0 Å². The molecule has 1 aliphatic heterocycles. The molecule has 2 aromatic rings. The zero-order chi connectivity index (χ0) is 27.9. The summed E-state index contributed by atoms with van der Waals surface area (Å²) in [5.41, 5.74) is 12.7.